The van der Waals surface area contributed by atoms with Crippen LogP contribution in [0.25, 0.3) is 16.6 Å². The normalized spacial score (nSPS) is 13.7. The molecule has 1 aromatic heterocycles. The van der Waals surface area contributed by atoms with Gasteiger partial charge in [-0.25, -0.2) is 4.98 Å². The average Bonchev–Trinajstić information content (AvgIpc) is 3.09. The van der Waals surface area contributed by atoms with Crippen molar-refractivity contribution in [1.29, 1.82) is 0 Å². The molecule has 1 aromatic carbocycles. The largest absolute Gasteiger partial charge is 0.465 e. The van der Waals surface area contributed by atoms with Crippen LogP contribution in [0.15, 0.2) is 36.9 Å². The summed E-state index contributed by atoms with van der Waals surface area (Å²) in [5, 5.41) is 0. The summed E-state index contributed by atoms with van der Waals surface area (Å²) in [5.74, 6) is 0.704. The average molecular weight is 443 g/mol. The number of carbonyl (C=O) groups excluding carboxylic acids is 1. The van der Waals surface area contributed by atoms with E-state index in [0.29, 0.717) is 6.61 Å². The number of allylic oxidation sites excluding steroid dienone is 3. The molecule has 2 aromatic rings. The first-order valence-electron chi connectivity index (χ1n) is 11.6. The Hall–Kier alpha value is -2.44. The molecule has 6 heteroatoms. The second kappa shape index (κ2) is 13.9. The van der Waals surface area contributed by atoms with Crippen LogP contribution in [-0.4, -0.2) is 35.2 Å². The Morgan fingerprint density at radius 3 is 2.38 bits per heavy atom. The lowest BCUT2D eigenvalue weighted by atomic mass is 9.94. The van der Waals surface area contributed by atoms with Crippen molar-refractivity contribution in [1.82, 2.24) is 20.4 Å². The van der Waals surface area contributed by atoms with Gasteiger partial charge >= 0.3 is 5.97 Å². The van der Waals surface area contributed by atoms with Crippen LogP contribution in [0, 0.1) is 12.3 Å². The summed E-state index contributed by atoms with van der Waals surface area (Å²) in [6.45, 7) is 21.1. The third-order valence-corrected chi connectivity index (χ3v) is 4.91. The van der Waals surface area contributed by atoms with Crippen LogP contribution in [0.3, 0.4) is 0 Å². The lowest BCUT2D eigenvalue weighted by molar-refractivity contribution is -0.144. The molecule has 32 heavy (non-hydrogen) atoms. The van der Waals surface area contributed by atoms with Crippen molar-refractivity contribution >= 4 is 22.6 Å². The summed E-state index contributed by atoms with van der Waals surface area (Å²) in [6, 6.07) is 6.20. The summed E-state index contributed by atoms with van der Waals surface area (Å²) in [7, 11) is 0. The van der Waals surface area contributed by atoms with E-state index in [9.17, 15) is 4.79 Å². The number of hydrogen-bond donors (Lipinski definition) is 2. The summed E-state index contributed by atoms with van der Waals surface area (Å²) in [6.07, 6.45) is 6.64. The zero-order chi connectivity index (χ0) is 24.1. The van der Waals surface area contributed by atoms with Crippen molar-refractivity contribution in [2.24, 2.45) is 5.41 Å². The molecule has 0 radical (unpaired) electrons. The molecule has 1 saturated heterocycles. The molecule has 2 heterocycles. The maximum absolute atomic E-state index is 11.1. The Labute approximate surface area is 194 Å². The van der Waals surface area contributed by atoms with Gasteiger partial charge in [-0.05, 0) is 50.0 Å². The quantitative estimate of drug-likeness (QED) is 0.462. The highest BCUT2D eigenvalue weighted by molar-refractivity contribution is 5.83. The number of ether oxygens (including phenoxy) is 1. The molecule has 0 aliphatic carbocycles. The van der Waals surface area contributed by atoms with Crippen LogP contribution in [0.2, 0.25) is 0 Å². The fraction of sp³-hybridized carbons (Fsp3) is 0.538. The summed E-state index contributed by atoms with van der Waals surface area (Å²) in [4.78, 5) is 15.7. The van der Waals surface area contributed by atoms with E-state index in [1.54, 1.807) is 0 Å². The Bertz CT molecular complexity index is 881. The van der Waals surface area contributed by atoms with Crippen LogP contribution >= 0.6 is 0 Å². The van der Waals surface area contributed by atoms with Gasteiger partial charge in [-0.3, -0.25) is 15.6 Å². The number of fused-ring (bicyclic) bond motifs is 1. The molecule has 0 saturated carbocycles. The minimum Gasteiger partial charge on any atom is -0.465 e. The second-order valence-corrected chi connectivity index (χ2v) is 8.48. The van der Waals surface area contributed by atoms with Crippen LogP contribution in [0.4, 0.5) is 0 Å². The third kappa shape index (κ3) is 8.97. The molecular formula is C26H42N4O2. The summed E-state index contributed by atoms with van der Waals surface area (Å²) < 4.78 is 7.39. The van der Waals surface area contributed by atoms with Crippen molar-refractivity contribution in [3.63, 3.8) is 0 Å². The van der Waals surface area contributed by atoms with Gasteiger partial charge in [0.15, 0.2) is 0 Å². The molecule has 2 N–H and O–H groups in total. The summed E-state index contributed by atoms with van der Waals surface area (Å²) >= 11 is 0. The monoisotopic (exact) mass is 442 g/mol. The van der Waals surface area contributed by atoms with E-state index in [0.717, 1.165) is 47.6 Å². The van der Waals surface area contributed by atoms with E-state index in [1.807, 2.05) is 52.0 Å². The van der Waals surface area contributed by atoms with Gasteiger partial charge in [0.25, 0.3) is 0 Å². The maximum Gasteiger partial charge on any atom is 0.302 e. The molecule has 1 fully saturated rings. The number of nitrogens with zero attached hydrogens (tertiary/aromatic N) is 2. The van der Waals surface area contributed by atoms with Gasteiger partial charge < -0.3 is 9.30 Å². The zero-order valence-electron chi connectivity index (χ0n) is 21.0. The van der Waals surface area contributed by atoms with E-state index >= 15 is 0 Å². The van der Waals surface area contributed by atoms with E-state index < -0.39 is 0 Å². The molecule has 0 unspecified atom stereocenters. The first kappa shape index (κ1) is 27.6. The molecule has 178 valence electrons. The highest BCUT2D eigenvalue weighted by Gasteiger charge is 2.23. The first-order valence-corrected chi connectivity index (χ1v) is 11.6. The number of esters is 1. The molecule has 0 amide bonds. The van der Waals surface area contributed by atoms with Crippen molar-refractivity contribution in [3.8, 4) is 0 Å². The van der Waals surface area contributed by atoms with Crippen LogP contribution < -0.4 is 10.9 Å². The highest BCUT2D eigenvalue weighted by Crippen LogP contribution is 2.26. The highest BCUT2D eigenvalue weighted by atomic mass is 16.5. The van der Waals surface area contributed by atoms with Crippen molar-refractivity contribution in [3.05, 3.63) is 48.3 Å². The van der Waals surface area contributed by atoms with Gasteiger partial charge in [-0.1, -0.05) is 52.5 Å². The number of aryl methyl sites for hydroxylation is 1. The maximum atomic E-state index is 11.1. The fourth-order valence-corrected chi connectivity index (χ4v) is 3.31. The number of carbonyl (C=O) groups is 1. The molecule has 1 aliphatic heterocycles. The van der Waals surface area contributed by atoms with Crippen molar-refractivity contribution in [2.45, 2.75) is 67.9 Å². The molecule has 1 aliphatic rings. The van der Waals surface area contributed by atoms with Gasteiger partial charge in [0.05, 0.1) is 17.6 Å². The van der Waals surface area contributed by atoms with E-state index in [-0.39, 0.29) is 11.4 Å². The Morgan fingerprint density at radius 1 is 1.25 bits per heavy atom. The molecule has 0 atom stereocenters. The fourth-order valence-electron chi connectivity index (χ4n) is 3.31. The Morgan fingerprint density at radius 2 is 1.88 bits per heavy atom. The minimum absolute atomic E-state index is 0.180. The minimum atomic E-state index is -0.250. The lowest BCUT2D eigenvalue weighted by Gasteiger charge is -2.25. The van der Waals surface area contributed by atoms with Crippen molar-refractivity contribution in [2.75, 3.05) is 19.7 Å². The smallest absolute Gasteiger partial charge is 0.302 e. The van der Waals surface area contributed by atoms with Gasteiger partial charge in [0, 0.05) is 32.0 Å². The van der Waals surface area contributed by atoms with Crippen molar-refractivity contribution < 1.29 is 9.53 Å². The van der Waals surface area contributed by atoms with Crippen LogP contribution in [0.5, 0.6) is 0 Å². The predicted molar refractivity (Wildman–Crippen MR) is 135 cm³/mol. The van der Waals surface area contributed by atoms with E-state index in [4.69, 9.17) is 4.74 Å². The molecule has 6 nitrogen and oxygen atoms in total. The van der Waals surface area contributed by atoms with Crippen LogP contribution in [0.1, 0.15) is 65.8 Å². The van der Waals surface area contributed by atoms with Gasteiger partial charge in [-0.2, -0.15) is 0 Å². The molecular weight excluding hydrogens is 400 g/mol. The Balaban J connectivity index is 0.000000542. The number of aromatic nitrogens is 2. The molecule has 3 rings (SSSR count). The third-order valence-electron chi connectivity index (χ3n) is 4.91. The Kier molecular flexibility index (Phi) is 12.0. The topological polar surface area (TPSA) is 68.2 Å². The first-order chi connectivity index (χ1) is 15.2. The lowest BCUT2D eigenvalue weighted by Crippen LogP contribution is -2.37. The van der Waals surface area contributed by atoms with E-state index in [2.05, 4.69) is 46.9 Å². The molecule has 0 spiro atoms. The van der Waals surface area contributed by atoms with Gasteiger partial charge in [0.2, 0.25) is 0 Å². The molecule has 0 bridgehead atoms. The number of imidazole rings is 1. The van der Waals surface area contributed by atoms with Gasteiger partial charge in [-0.15, -0.1) is 0 Å². The number of hydrazine groups is 1. The number of benzene rings is 1. The predicted octanol–water partition coefficient (Wildman–Crippen LogP) is 5.42. The van der Waals surface area contributed by atoms with Crippen LogP contribution in [-0.2, 0) is 16.1 Å². The van der Waals surface area contributed by atoms with E-state index in [1.165, 1.54) is 19.8 Å². The summed E-state index contributed by atoms with van der Waals surface area (Å²) in [5.41, 5.74) is 9.99. The number of hydrogen-bond acceptors (Lipinski definition) is 5. The van der Waals surface area contributed by atoms with Gasteiger partial charge in [0.1, 0.15) is 5.82 Å². The second-order valence-electron chi connectivity index (χ2n) is 8.48. The SMILES string of the molecule is C1CCNNC1.C=C(/C=C/C)c1ccc2nc(C)n(CC(C)(C)COC(C)=O)c2c1.CC. The zero-order valence-corrected chi connectivity index (χ0v) is 21.0. The number of rotatable bonds is 6. The standard InChI is InChI=1S/C20H26N2O2.C4H10N2.C2H6/c1-7-8-14(2)17-9-10-18-19(11-17)22(15(3)21-18)12-20(5,6)13-24-16(4)23;1-2-4-6-5-3-1;1-2/h7-11H,2,12-13H2,1,3-6H3;5-6H,1-4H2;1-2H3/b8-7+;;. The number of nitrogens with one attached hydrogen (secondary N) is 2.